The number of amides is 1. The van der Waals surface area contributed by atoms with E-state index in [9.17, 15) is 4.79 Å². The van der Waals surface area contributed by atoms with Gasteiger partial charge < -0.3 is 5.32 Å². The number of pyridine rings is 1. The fourth-order valence-corrected chi connectivity index (χ4v) is 2.78. The summed E-state index contributed by atoms with van der Waals surface area (Å²) in [4.78, 5) is 16.1. The maximum atomic E-state index is 12.0. The van der Waals surface area contributed by atoms with E-state index in [1.807, 2.05) is 0 Å². The van der Waals surface area contributed by atoms with Gasteiger partial charge in [0, 0.05) is 6.04 Å². The molecule has 0 aromatic carbocycles. The summed E-state index contributed by atoms with van der Waals surface area (Å²) in [5.41, 5.74) is 0.712. The van der Waals surface area contributed by atoms with Gasteiger partial charge in [0.25, 0.3) is 5.91 Å². The zero-order chi connectivity index (χ0) is 13.2. The number of rotatable bonds is 2. The molecule has 1 unspecified atom stereocenters. The largest absolute Gasteiger partial charge is 0.348 e. The molecule has 1 aliphatic rings. The van der Waals surface area contributed by atoms with Crippen LogP contribution < -0.4 is 5.32 Å². The van der Waals surface area contributed by atoms with Crippen LogP contribution in [0.25, 0.3) is 0 Å². The van der Waals surface area contributed by atoms with Gasteiger partial charge >= 0.3 is 0 Å². The van der Waals surface area contributed by atoms with Crippen LogP contribution in [-0.2, 0) is 0 Å². The second-order valence-corrected chi connectivity index (χ2v) is 6.16. The van der Waals surface area contributed by atoms with E-state index in [0.29, 0.717) is 16.3 Å². The Bertz CT molecular complexity index is 445. The summed E-state index contributed by atoms with van der Waals surface area (Å²) in [5.74, 6) is -0.125. The topological polar surface area (TPSA) is 42.0 Å². The van der Waals surface area contributed by atoms with Gasteiger partial charge in [-0.15, -0.1) is 0 Å². The van der Waals surface area contributed by atoms with E-state index in [-0.39, 0.29) is 11.9 Å². The number of nitrogens with one attached hydrogen (secondary N) is 1. The van der Waals surface area contributed by atoms with Crippen molar-refractivity contribution in [2.24, 2.45) is 5.41 Å². The van der Waals surface area contributed by atoms with Crippen LogP contribution in [0.2, 0.25) is 5.15 Å². The summed E-state index contributed by atoms with van der Waals surface area (Å²) in [6, 6.07) is 5.36. The van der Waals surface area contributed by atoms with Crippen LogP contribution in [0.4, 0.5) is 0 Å². The highest BCUT2D eigenvalue weighted by Crippen LogP contribution is 2.35. The molecule has 2 rings (SSSR count). The number of nitrogens with zero attached hydrogens (tertiary/aromatic N) is 1. The molecule has 0 spiro atoms. The van der Waals surface area contributed by atoms with E-state index < -0.39 is 0 Å². The van der Waals surface area contributed by atoms with Gasteiger partial charge in [0.1, 0.15) is 10.8 Å². The average Bonchev–Trinajstić information content (AvgIpc) is 2.27. The van der Waals surface area contributed by atoms with Crippen LogP contribution in [0.3, 0.4) is 0 Å². The van der Waals surface area contributed by atoms with E-state index in [0.717, 1.165) is 12.8 Å². The molecule has 0 radical (unpaired) electrons. The molecule has 1 aromatic rings. The summed E-state index contributed by atoms with van der Waals surface area (Å²) in [6.07, 6.45) is 4.48. The zero-order valence-corrected chi connectivity index (χ0v) is 11.6. The van der Waals surface area contributed by atoms with E-state index in [4.69, 9.17) is 11.6 Å². The lowest BCUT2D eigenvalue weighted by Crippen LogP contribution is -2.40. The van der Waals surface area contributed by atoms with Gasteiger partial charge in [-0.3, -0.25) is 4.79 Å². The Morgan fingerprint density at radius 2 is 2.28 bits per heavy atom. The lowest BCUT2D eigenvalue weighted by atomic mass is 9.75. The van der Waals surface area contributed by atoms with Gasteiger partial charge in [0.05, 0.1) is 0 Å². The van der Waals surface area contributed by atoms with Gasteiger partial charge in [0.2, 0.25) is 0 Å². The number of aromatic nitrogens is 1. The maximum absolute atomic E-state index is 12.0. The first kappa shape index (κ1) is 13.3. The minimum atomic E-state index is -0.125. The van der Waals surface area contributed by atoms with Crippen LogP contribution >= 0.6 is 11.6 Å². The summed E-state index contributed by atoms with van der Waals surface area (Å²) in [7, 11) is 0. The molecular formula is C14H19ClN2O. The third-order valence-electron chi connectivity index (χ3n) is 3.49. The average molecular weight is 267 g/mol. The van der Waals surface area contributed by atoms with Crippen molar-refractivity contribution in [1.29, 1.82) is 0 Å². The van der Waals surface area contributed by atoms with E-state index in [2.05, 4.69) is 24.1 Å². The van der Waals surface area contributed by atoms with Crippen molar-refractivity contribution in [3.63, 3.8) is 0 Å². The SMILES string of the molecule is CC1(C)CCCC(NC(=O)c2cccc(Cl)n2)C1. The van der Waals surface area contributed by atoms with Crippen molar-refractivity contribution in [2.75, 3.05) is 0 Å². The Morgan fingerprint density at radius 1 is 1.50 bits per heavy atom. The Hall–Kier alpha value is -1.09. The van der Waals surface area contributed by atoms with Gasteiger partial charge in [-0.05, 0) is 36.8 Å². The first-order valence-electron chi connectivity index (χ1n) is 6.40. The highest BCUT2D eigenvalue weighted by molar-refractivity contribution is 6.29. The van der Waals surface area contributed by atoms with Crippen LogP contribution in [0.15, 0.2) is 18.2 Å². The normalized spacial score (nSPS) is 22.5. The third-order valence-corrected chi connectivity index (χ3v) is 3.70. The van der Waals surface area contributed by atoms with Gasteiger partial charge in [-0.1, -0.05) is 37.9 Å². The Labute approximate surface area is 113 Å². The molecule has 1 heterocycles. The molecule has 4 heteroatoms. The van der Waals surface area contributed by atoms with Crippen molar-refractivity contribution in [3.05, 3.63) is 29.0 Å². The van der Waals surface area contributed by atoms with Crippen LogP contribution in [0.5, 0.6) is 0 Å². The number of hydrogen-bond donors (Lipinski definition) is 1. The molecule has 98 valence electrons. The third kappa shape index (κ3) is 3.45. The predicted molar refractivity (Wildman–Crippen MR) is 72.8 cm³/mol. The molecule has 1 amide bonds. The van der Waals surface area contributed by atoms with Crippen molar-refractivity contribution in [1.82, 2.24) is 10.3 Å². The molecule has 1 aromatic heterocycles. The van der Waals surface area contributed by atoms with Gasteiger partial charge in [-0.25, -0.2) is 4.98 Å². The molecule has 0 saturated heterocycles. The highest BCUT2D eigenvalue weighted by atomic mass is 35.5. The fraction of sp³-hybridized carbons (Fsp3) is 0.571. The summed E-state index contributed by atoms with van der Waals surface area (Å²) >= 11 is 5.79. The predicted octanol–water partition coefficient (Wildman–Crippen LogP) is 3.43. The number of carbonyl (C=O) groups excluding carboxylic acids is 1. The Kier molecular flexibility index (Phi) is 3.91. The number of carbonyl (C=O) groups is 1. The highest BCUT2D eigenvalue weighted by Gasteiger charge is 2.29. The first-order valence-corrected chi connectivity index (χ1v) is 6.77. The zero-order valence-electron chi connectivity index (χ0n) is 10.9. The van der Waals surface area contributed by atoms with Crippen LogP contribution in [0.1, 0.15) is 50.0 Å². The first-order chi connectivity index (χ1) is 8.46. The molecular weight excluding hydrogens is 248 g/mol. The van der Waals surface area contributed by atoms with Crippen molar-refractivity contribution in [2.45, 2.75) is 45.6 Å². The second kappa shape index (κ2) is 5.27. The molecule has 1 fully saturated rings. The van der Waals surface area contributed by atoms with Crippen LogP contribution in [-0.4, -0.2) is 16.9 Å². The second-order valence-electron chi connectivity index (χ2n) is 5.78. The Morgan fingerprint density at radius 3 is 2.94 bits per heavy atom. The molecule has 1 atom stereocenters. The molecule has 0 aliphatic heterocycles. The summed E-state index contributed by atoms with van der Waals surface area (Å²) < 4.78 is 0. The number of hydrogen-bond acceptors (Lipinski definition) is 2. The lowest BCUT2D eigenvalue weighted by molar-refractivity contribution is 0.0897. The summed E-state index contributed by atoms with van der Waals surface area (Å²) in [5, 5.41) is 3.41. The van der Waals surface area contributed by atoms with Crippen molar-refractivity contribution < 1.29 is 4.79 Å². The molecule has 1 saturated carbocycles. The molecule has 1 aliphatic carbocycles. The molecule has 3 nitrogen and oxygen atoms in total. The molecule has 0 bridgehead atoms. The number of halogens is 1. The van der Waals surface area contributed by atoms with Gasteiger partial charge in [0.15, 0.2) is 0 Å². The van der Waals surface area contributed by atoms with Crippen molar-refractivity contribution in [3.8, 4) is 0 Å². The fourth-order valence-electron chi connectivity index (χ4n) is 2.62. The standard InChI is InChI=1S/C14H19ClN2O/c1-14(2)8-4-5-10(9-14)16-13(18)11-6-3-7-12(15)17-11/h3,6-7,10H,4-5,8-9H2,1-2H3,(H,16,18). The van der Waals surface area contributed by atoms with Gasteiger partial charge in [-0.2, -0.15) is 0 Å². The molecule has 1 N–H and O–H groups in total. The minimum Gasteiger partial charge on any atom is -0.348 e. The quantitative estimate of drug-likeness (QED) is 0.834. The molecule has 18 heavy (non-hydrogen) atoms. The van der Waals surface area contributed by atoms with E-state index in [1.165, 1.54) is 12.8 Å². The monoisotopic (exact) mass is 266 g/mol. The smallest absolute Gasteiger partial charge is 0.270 e. The van der Waals surface area contributed by atoms with Crippen molar-refractivity contribution >= 4 is 17.5 Å². The van der Waals surface area contributed by atoms with Crippen LogP contribution in [0, 0.1) is 5.41 Å². The van der Waals surface area contributed by atoms with E-state index in [1.54, 1.807) is 18.2 Å². The summed E-state index contributed by atoms with van der Waals surface area (Å²) in [6.45, 7) is 4.51. The minimum absolute atomic E-state index is 0.125. The maximum Gasteiger partial charge on any atom is 0.270 e. The lowest BCUT2D eigenvalue weighted by Gasteiger charge is -2.35. The Balaban J connectivity index is 1.99. The van der Waals surface area contributed by atoms with E-state index >= 15 is 0 Å².